The summed E-state index contributed by atoms with van der Waals surface area (Å²) in [6.07, 6.45) is 0. The fourth-order valence-electron chi connectivity index (χ4n) is 1.62. The number of ether oxygens (including phenoxy) is 1. The van der Waals surface area contributed by atoms with E-state index in [0.29, 0.717) is 4.47 Å². The third-order valence-electron chi connectivity index (χ3n) is 2.56. The molecule has 0 bridgehead atoms. The van der Waals surface area contributed by atoms with E-state index in [-0.39, 0.29) is 23.9 Å². The van der Waals surface area contributed by atoms with Gasteiger partial charge in [-0.25, -0.2) is 4.39 Å². The molecule has 1 heterocycles. The molecule has 0 radical (unpaired) electrons. The average molecular weight is 330 g/mol. The smallest absolute Gasteiger partial charge is 0.262 e. The van der Waals surface area contributed by atoms with Gasteiger partial charge in [0.1, 0.15) is 11.4 Å². The van der Waals surface area contributed by atoms with Crippen molar-refractivity contribution in [3.8, 4) is 11.5 Å². The second kappa shape index (κ2) is 5.36. The number of methoxy groups -OCH3 is 1. The molecular weight excluding hydrogens is 317 g/mol. The molecule has 0 amide bonds. The maximum Gasteiger partial charge on any atom is 0.262 e. The zero-order chi connectivity index (χ0) is 14.0. The van der Waals surface area contributed by atoms with Crippen LogP contribution >= 0.6 is 15.9 Å². The predicted octanol–water partition coefficient (Wildman–Crippen LogP) is 2.46. The van der Waals surface area contributed by atoms with Gasteiger partial charge in [-0.1, -0.05) is 11.2 Å². The molecule has 0 saturated heterocycles. The highest BCUT2D eigenvalue weighted by Gasteiger charge is 2.28. The lowest BCUT2D eigenvalue weighted by Gasteiger charge is -2.18. The van der Waals surface area contributed by atoms with Crippen LogP contribution in [-0.2, 0) is 10.3 Å². The minimum absolute atomic E-state index is 0.0766. The van der Waals surface area contributed by atoms with E-state index in [9.17, 15) is 4.39 Å². The molecule has 102 valence electrons. The molecule has 5 nitrogen and oxygen atoms in total. The summed E-state index contributed by atoms with van der Waals surface area (Å²) in [5.74, 6) is -0.109. The molecule has 19 heavy (non-hydrogen) atoms. The fourth-order valence-corrected chi connectivity index (χ4v) is 2.14. The number of hydrogen-bond donors (Lipinski definition) is 1. The van der Waals surface area contributed by atoms with Crippen molar-refractivity contribution in [1.29, 1.82) is 0 Å². The normalized spacial score (nSPS) is 14.4. The Labute approximate surface area is 118 Å². The van der Waals surface area contributed by atoms with Crippen LogP contribution in [0.25, 0.3) is 11.5 Å². The molecule has 2 N–H and O–H groups in total. The van der Waals surface area contributed by atoms with E-state index in [2.05, 4.69) is 26.1 Å². The average Bonchev–Trinajstić information content (AvgIpc) is 2.78. The van der Waals surface area contributed by atoms with Gasteiger partial charge in [-0.15, -0.1) is 0 Å². The van der Waals surface area contributed by atoms with Gasteiger partial charge in [0.05, 0.1) is 12.2 Å². The molecule has 0 aliphatic carbocycles. The van der Waals surface area contributed by atoms with Crippen molar-refractivity contribution >= 4 is 15.9 Å². The third kappa shape index (κ3) is 2.83. The summed E-state index contributed by atoms with van der Waals surface area (Å²) >= 11 is 3.25. The number of hydrogen-bond acceptors (Lipinski definition) is 5. The Bertz CT molecular complexity index is 566. The number of nitrogens with zero attached hydrogens (tertiary/aromatic N) is 2. The zero-order valence-corrected chi connectivity index (χ0v) is 12.1. The summed E-state index contributed by atoms with van der Waals surface area (Å²) in [5.41, 5.74) is 5.32. The lowest BCUT2D eigenvalue weighted by Crippen LogP contribution is -2.38. The molecule has 0 fully saturated rings. The van der Waals surface area contributed by atoms with Crippen molar-refractivity contribution in [3.05, 3.63) is 34.3 Å². The molecule has 0 saturated carbocycles. The van der Waals surface area contributed by atoms with E-state index in [1.54, 1.807) is 19.1 Å². The van der Waals surface area contributed by atoms with Gasteiger partial charge < -0.3 is 15.0 Å². The van der Waals surface area contributed by atoms with Gasteiger partial charge in [0.15, 0.2) is 5.82 Å². The maximum absolute atomic E-state index is 13.8. The monoisotopic (exact) mass is 329 g/mol. The molecule has 1 atom stereocenters. The lowest BCUT2D eigenvalue weighted by molar-refractivity contribution is 0.135. The molecule has 2 aromatic rings. The van der Waals surface area contributed by atoms with Gasteiger partial charge >= 0.3 is 0 Å². The van der Waals surface area contributed by atoms with Crippen molar-refractivity contribution < 1.29 is 13.7 Å². The predicted molar refractivity (Wildman–Crippen MR) is 70.8 cm³/mol. The van der Waals surface area contributed by atoms with Crippen LogP contribution in [0.5, 0.6) is 0 Å². The van der Waals surface area contributed by atoms with E-state index in [1.165, 1.54) is 13.2 Å². The Hall–Kier alpha value is -1.31. The number of halogens is 2. The molecule has 1 unspecified atom stereocenters. The first-order valence-electron chi connectivity index (χ1n) is 5.52. The molecule has 1 aromatic carbocycles. The highest BCUT2D eigenvalue weighted by molar-refractivity contribution is 9.10. The largest absolute Gasteiger partial charge is 0.382 e. The summed E-state index contributed by atoms with van der Waals surface area (Å²) < 4.78 is 24.4. The Morgan fingerprint density at radius 1 is 1.53 bits per heavy atom. The van der Waals surface area contributed by atoms with Crippen molar-refractivity contribution in [2.24, 2.45) is 5.73 Å². The van der Waals surface area contributed by atoms with E-state index < -0.39 is 11.4 Å². The minimum Gasteiger partial charge on any atom is -0.382 e. The van der Waals surface area contributed by atoms with Gasteiger partial charge in [-0.05, 0) is 35.0 Å². The Morgan fingerprint density at radius 2 is 2.26 bits per heavy atom. The topological polar surface area (TPSA) is 74.2 Å². The zero-order valence-electron chi connectivity index (χ0n) is 10.5. The number of aromatic nitrogens is 2. The van der Waals surface area contributed by atoms with Gasteiger partial charge in [0.25, 0.3) is 5.89 Å². The first kappa shape index (κ1) is 14.1. The van der Waals surface area contributed by atoms with Crippen LogP contribution in [-0.4, -0.2) is 23.9 Å². The fraction of sp³-hybridized carbons (Fsp3) is 0.333. The summed E-state index contributed by atoms with van der Waals surface area (Å²) in [6.45, 7) is 1.94. The lowest BCUT2D eigenvalue weighted by atomic mass is 10.1. The molecule has 1 aromatic heterocycles. The first-order chi connectivity index (χ1) is 8.95. The molecule has 0 aliphatic heterocycles. The molecular formula is C12H13BrFN3O2. The quantitative estimate of drug-likeness (QED) is 0.932. The van der Waals surface area contributed by atoms with E-state index in [4.69, 9.17) is 15.0 Å². The second-order valence-corrected chi connectivity index (χ2v) is 5.22. The van der Waals surface area contributed by atoms with E-state index in [1.807, 2.05) is 0 Å². The highest BCUT2D eigenvalue weighted by Crippen LogP contribution is 2.30. The summed E-state index contributed by atoms with van der Waals surface area (Å²) in [7, 11) is 1.53. The Balaban J connectivity index is 2.42. The molecule has 7 heteroatoms. The van der Waals surface area contributed by atoms with Crippen LogP contribution in [0.2, 0.25) is 0 Å². The van der Waals surface area contributed by atoms with Crippen molar-refractivity contribution in [2.45, 2.75) is 12.5 Å². The van der Waals surface area contributed by atoms with Gasteiger partial charge in [0.2, 0.25) is 0 Å². The van der Waals surface area contributed by atoms with E-state index in [0.717, 1.165) is 0 Å². The summed E-state index contributed by atoms with van der Waals surface area (Å²) in [6, 6.07) is 4.60. The standard InChI is InChI=1S/C12H13BrFN3O2/c1-12(15,6-18-2)11-16-10(19-17-11)9-7(13)4-3-5-8(9)14/h3-5H,6,15H2,1-2H3. The van der Waals surface area contributed by atoms with Gasteiger partial charge in [-0.3, -0.25) is 0 Å². The Morgan fingerprint density at radius 3 is 2.89 bits per heavy atom. The number of benzene rings is 1. The van der Waals surface area contributed by atoms with Crippen LogP contribution in [0.15, 0.2) is 27.2 Å². The van der Waals surface area contributed by atoms with Crippen LogP contribution in [0.4, 0.5) is 4.39 Å². The van der Waals surface area contributed by atoms with Gasteiger partial charge in [0, 0.05) is 11.6 Å². The van der Waals surface area contributed by atoms with Crippen LogP contribution in [0, 0.1) is 5.82 Å². The van der Waals surface area contributed by atoms with Crippen LogP contribution < -0.4 is 5.73 Å². The minimum atomic E-state index is -0.895. The van der Waals surface area contributed by atoms with E-state index >= 15 is 0 Å². The van der Waals surface area contributed by atoms with Crippen molar-refractivity contribution in [3.63, 3.8) is 0 Å². The maximum atomic E-state index is 13.8. The SMILES string of the molecule is COCC(C)(N)c1noc(-c2c(F)cccc2Br)n1. The third-order valence-corrected chi connectivity index (χ3v) is 3.22. The van der Waals surface area contributed by atoms with Crippen molar-refractivity contribution in [1.82, 2.24) is 10.1 Å². The van der Waals surface area contributed by atoms with Crippen LogP contribution in [0.3, 0.4) is 0 Å². The summed E-state index contributed by atoms with van der Waals surface area (Å²) in [4.78, 5) is 4.14. The number of nitrogens with two attached hydrogens (primary N) is 1. The molecule has 2 rings (SSSR count). The second-order valence-electron chi connectivity index (χ2n) is 4.37. The van der Waals surface area contributed by atoms with Crippen molar-refractivity contribution in [2.75, 3.05) is 13.7 Å². The molecule has 0 aliphatic rings. The Kier molecular flexibility index (Phi) is 3.98. The first-order valence-corrected chi connectivity index (χ1v) is 6.31. The van der Waals surface area contributed by atoms with Gasteiger partial charge in [-0.2, -0.15) is 4.98 Å². The number of rotatable bonds is 4. The molecule has 0 spiro atoms. The summed E-state index contributed by atoms with van der Waals surface area (Å²) in [5, 5.41) is 3.79. The van der Waals surface area contributed by atoms with Crippen LogP contribution in [0.1, 0.15) is 12.7 Å². The highest BCUT2D eigenvalue weighted by atomic mass is 79.9.